The fourth-order valence-corrected chi connectivity index (χ4v) is 4.57. The molecule has 0 bridgehead atoms. The molecule has 0 spiro atoms. The number of esters is 1. The third kappa shape index (κ3) is 5.43. The van der Waals surface area contributed by atoms with Crippen molar-refractivity contribution in [2.24, 2.45) is 5.92 Å². The van der Waals surface area contributed by atoms with E-state index in [1.807, 2.05) is 22.8 Å². The quantitative estimate of drug-likeness (QED) is 0.464. The van der Waals surface area contributed by atoms with E-state index in [-0.39, 0.29) is 23.5 Å². The summed E-state index contributed by atoms with van der Waals surface area (Å²) in [6.07, 6.45) is 1.58. The van der Waals surface area contributed by atoms with E-state index < -0.39 is 0 Å². The van der Waals surface area contributed by atoms with E-state index in [0.29, 0.717) is 37.9 Å². The van der Waals surface area contributed by atoms with Crippen LogP contribution in [0.4, 0.5) is 0 Å². The van der Waals surface area contributed by atoms with Gasteiger partial charge in [-0.3, -0.25) is 9.59 Å². The normalized spacial score (nSPS) is 16.9. The first kappa shape index (κ1) is 21.9. The summed E-state index contributed by atoms with van der Waals surface area (Å²) < 4.78 is 12.4. The number of carbonyl (C=O) groups is 2. The van der Waals surface area contributed by atoms with Crippen molar-refractivity contribution in [2.45, 2.75) is 31.5 Å². The number of rotatable bonds is 8. The molecule has 0 aliphatic carbocycles. The number of methoxy groups -OCH3 is 1. The van der Waals surface area contributed by atoms with E-state index in [1.54, 1.807) is 18.9 Å². The number of ether oxygens (including phenoxy) is 2. The van der Waals surface area contributed by atoms with Gasteiger partial charge in [-0.05, 0) is 38.0 Å². The summed E-state index contributed by atoms with van der Waals surface area (Å²) >= 11 is 7.49. The van der Waals surface area contributed by atoms with Crippen LogP contribution >= 0.6 is 23.4 Å². The van der Waals surface area contributed by atoms with Crippen LogP contribution in [-0.4, -0.2) is 65.5 Å². The van der Waals surface area contributed by atoms with Crippen LogP contribution in [0.1, 0.15) is 19.8 Å². The molecular weight excluding hydrogens is 414 g/mol. The van der Waals surface area contributed by atoms with Gasteiger partial charge < -0.3 is 18.9 Å². The second kappa shape index (κ2) is 10.3. The van der Waals surface area contributed by atoms with E-state index in [2.05, 4.69) is 4.98 Å². The molecular formula is C20H26ClN3O4S. The van der Waals surface area contributed by atoms with E-state index in [0.717, 1.165) is 29.0 Å². The summed E-state index contributed by atoms with van der Waals surface area (Å²) in [5.74, 6) is -0.172. The van der Waals surface area contributed by atoms with Gasteiger partial charge in [0, 0.05) is 31.8 Å². The lowest BCUT2D eigenvalue weighted by molar-refractivity contribution is -0.151. The van der Waals surface area contributed by atoms with Gasteiger partial charge in [-0.2, -0.15) is 0 Å². The molecule has 1 fully saturated rings. The maximum Gasteiger partial charge on any atom is 0.310 e. The van der Waals surface area contributed by atoms with E-state index in [9.17, 15) is 9.59 Å². The number of nitrogens with zero attached hydrogens (tertiary/aromatic N) is 3. The molecule has 1 atom stereocenters. The van der Waals surface area contributed by atoms with Crippen LogP contribution in [-0.2, 0) is 25.6 Å². The number of amides is 1. The second-order valence-electron chi connectivity index (χ2n) is 6.89. The van der Waals surface area contributed by atoms with Crippen molar-refractivity contribution >= 4 is 46.3 Å². The Morgan fingerprint density at radius 1 is 1.38 bits per heavy atom. The zero-order chi connectivity index (χ0) is 20.8. The van der Waals surface area contributed by atoms with Crippen LogP contribution in [0.15, 0.2) is 23.4 Å². The number of fused-ring (bicyclic) bond motifs is 1. The molecule has 0 unspecified atom stereocenters. The van der Waals surface area contributed by atoms with Gasteiger partial charge in [0.1, 0.15) is 0 Å². The van der Waals surface area contributed by atoms with Gasteiger partial charge in [-0.25, -0.2) is 4.98 Å². The maximum atomic E-state index is 12.8. The van der Waals surface area contributed by atoms with Gasteiger partial charge in [0.25, 0.3) is 0 Å². The SMILES string of the molecule is CCOC(=O)[C@H]1CCCN(C(=O)CSc2nc3cc(Cl)ccc3n2CCOC)C1. The molecule has 158 valence electrons. The third-order valence-corrected chi connectivity index (χ3v) is 6.11. The molecule has 29 heavy (non-hydrogen) atoms. The van der Waals surface area contributed by atoms with Gasteiger partial charge in [-0.15, -0.1) is 0 Å². The predicted molar refractivity (Wildman–Crippen MR) is 113 cm³/mol. The zero-order valence-electron chi connectivity index (χ0n) is 16.7. The largest absolute Gasteiger partial charge is 0.466 e. The Bertz CT molecular complexity index is 873. The first-order valence-electron chi connectivity index (χ1n) is 9.75. The van der Waals surface area contributed by atoms with Gasteiger partial charge in [-0.1, -0.05) is 23.4 Å². The molecule has 2 aromatic rings. The molecule has 2 heterocycles. The summed E-state index contributed by atoms with van der Waals surface area (Å²) in [6.45, 7) is 4.44. The van der Waals surface area contributed by atoms with Crippen LogP contribution in [0.25, 0.3) is 11.0 Å². The van der Waals surface area contributed by atoms with Gasteiger partial charge in [0.05, 0.1) is 35.9 Å². The second-order valence-corrected chi connectivity index (χ2v) is 8.27. The lowest BCUT2D eigenvalue weighted by Gasteiger charge is -2.31. The van der Waals surface area contributed by atoms with E-state index in [4.69, 9.17) is 21.1 Å². The van der Waals surface area contributed by atoms with Crippen LogP contribution in [0.2, 0.25) is 5.02 Å². The van der Waals surface area contributed by atoms with E-state index >= 15 is 0 Å². The van der Waals surface area contributed by atoms with Gasteiger partial charge in [0.15, 0.2) is 5.16 Å². The summed E-state index contributed by atoms with van der Waals surface area (Å²) in [5.41, 5.74) is 1.76. The van der Waals surface area contributed by atoms with Crippen LogP contribution in [0.5, 0.6) is 0 Å². The number of likely N-dealkylation sites (tertiary alicyclic amines) is 1. The number of hydrogen-bond donors (Lipinski definition) is 0. The molecule has 1 aromatic heterocycles. The number of halogens is 1. The van der Waals surface area contributed by atoms with E-state index in [1.165, 1.54) is 11.8 Å². The minimum Gasteiger partial charge on any atom is -0.466 e. The van der Waals surface area contributed by atoms with Crippen molar-refractivity contribution < 1.29 is 19.1 Å². The fourth-order valence-electron chi connectivity index (χ4n) is 3.46. The average Bonchev–Trinajstić information content (AvgIpc) is 3.07. The molecule has 1 amide bonds. The first-order chi connectivity index (χ1) is 14.0. The molecule has 0 radical (unpaired) electrons. The van der Waals surface area contributed by atoms with Gasteiger partial charge in [0.2, 0.25) is 5.91 Å². The van der Waals surface area contributed by atoms with Crippen molar-refractivity contribution in [1.29, 1.82) is 0 Å². The Balaban J connectivity index is 1.67. The summed E-state index contributed by atoms with van der Waals surface area (Å²) in [7, 11) is 1.66. The van der Waals surface area contributed by atoms with Crippen molar-refractivity contribution in [3.63, 3.8) is 0 Å². The number of piperidine rings is 1. The standard InChI is InChI=1S/C20H26ClN3O4S/c1-3-28-19(26)14-5-4-8-23(12-14)18(25)13-29-20-22-16-11-15(21)6-7-17(16)24(20)9-10-27-2/h6-7,11,14H,3-5,8-10,12-13H2,1-2H3/t14-/m0/s1. The molecule has 0 saturated carbocycles. The molecule has 1 saturated heterocycles. The number of aromatic nitrogens is 2. The molecule has 1 aliphatic heterocycles. The monoisotopic (exact) mass is 439 g/mol. The van der Waals surface area contributed by atoms with Crippen molar-refractivity contribution in [1.82, 2.24) is 14.5 Å². The third-order valence-electron chi connectivity index (χ3n) is 4.91. The summed E-state index contributed by atoms with van der Waals surface area (Å²) in [6, 6.07) is 5.58. The lowest BCUT2D eigenvalue weighted by atomic mass is 9.98. The minimum atomic E-state index is -0.230. The highest BCUT2D eigenvalue weighted by atomic mass is 35.5. The zero-order valence-corrected chi connectivity index (χ0v) is 18.3. The number of carbonyl (C=O) groups excluding carboxylic acids is 2. The topological polar surface area (TPSA) is 73.7 Å². The van der Waals surface area contributed by atoms with Crippen molar-refractivity contribution in [2.75, 3.05) is 39.2 Å². The Morgan fingerprint density at radius 2 is 2.21 bits per heavy atom. The average molecular weight is 440 g/mol. The smallest absolute Gasteiger partial charge is 0.310 e. The number of hydrogen-bond acceptors (Lipinski definition) is 6. The van der Waals surface area contributed by atoms with Crippen LogP contribution in [0.3, 0.4) is 0 Å². The van der Waals surface area contributed by atoms with Crippen molar-refractivity contribution in [3.8, 4) is 0 Å². The fraction of sp³-hybridized carbons (Fsp3) is 0.550. The molecule has 7 nitrogen and oxygen atoms in total. The van der Waals surface area contributed by atoms with Crippen LogP contribution in [0, 0.1) is 5.92 Å². The maximum absolute atomic E-state index is 12.8. The first-order valence-corrected chi connectivity index (χ1v) is 11.1. The number of thioether (sulfide) groups is 1. The number of imidazole rings is 1. The highest BCUT2D eigenvalue weighted by molar-refractivity contribution is 7.99. The number of benzene rings is 1. The minimum absolute atomic E-state index is 0.00683. The van der Waals surface area contributed by atoms with Crippen molar-refractivity contribution in [3.05, 3.63) is 23.2 Å². The predicted octanol–water partition coefficient (Wildman–Crippen LogP) is 3.23. The molecule has 1 aromatic carbocycles. The Labute approximate surface area is 179 Å². The summed E-state index contributed by atoms with van der Waals surface area (Å²) in [5, 5.41) is 1.38. The molecule has 3 rings (SSSR count). The highest BCUT2D eigenvalue weighted by Gasteiger charge is 2.29. The molecule has 9 heteroatoms. The summed E-state index contributed by atoms with van der Waals surface area (Å²) in [4.78, 5) is 31.2. The van der Waals surface area contributed by atoms with Gasteiger partial charge >= 0.3 is 5.97 Å². The molecule has 0 N–H and O–H groups in total. The lowest BCUT2D eigenvalue weighted by Crippen LogP contribution is -2.43. The Hall–Kier alpha value is -1.77. The highest BCUT2D eigenvalue weighted by Crippen LogP contribution is 2.27. The Kier molecular flexibility index (Phi) is 7.80. The molecule has 1 aliphatic rings. The van der Waals surface area contributed by atoms with Crippen LogP contribution < -0.4 is 0 Å². The Morgan fingerprint density at radius 3 is 2.97 bits per heavy atom.